The molecule has 1 heterocycles. The predicted molar refractivity (Wildman–Crippen MR) is 70.9 cm³/mol. The number of halogens is 1. The molecule has 0 radical (unpaired) electrons. The largest absolute Gasteiger partial charge is 0.321 e. The van der Waals surface area contributed by atoms with Crippen molar-refractivity contribution in [1.29, 1.82) is 0 Å². The van der Waals surface area contributed by atoms with Crippen molar-refractivity contribution < 1.29 is 0 Å². The summed E-state index contributed by atoms with van der Waals surface area (Å²) in [5.74, 6) is 0.487. The SMILES string of the molecule is Cc1c(CCl)ccc2c3c(c(=O)[nH]c12)CCC3. The van der Waals surface area contributed by atoms with Gasteiger partial charge in [0.05, 0.1) is 5.52 Å². The van der Waals surface area contributed by atoms with Gasteiger partial charge in [-0.2, -0.15) is 0 Å². The molecule has 1 N–H and O–H groups in total. The van der Waals surface area contributed by atoms with E-state index in [1.165, 1.54) is 10.9 Å². The van der Waals surface area contributed by atoms with Crippen molar-refractivity contribution in [1.82, 2.24) is 4.98 Å². The maximum absolute atomic E-state index is 12.0. The lowest BCUT2D eigenvalue weighted by molar-refractivity contribution is 0.909. The third-order valence-electron chi connectivity index (χ3n) is 3.78. The summed E-state index contributed by atoms with van der Waals surface area (Å²) in [6, 6.07) is 4.17. The van der Waals surface area contributed by atoms with Crippen molar-refractivity contribution >= 4 is 22.5 Å². The highest BCUT2D eigenvalue weighted by atomic mass is 35.5. The van der Waals surface area contributed by atoms with Gasteiger partial charge in [0.2, 0.25) is 0 Å². The summed E-state index contributed by atoms with van der Waals surface area (Å²) in [6.07, 6.45) is 3.03. The highest BCUT2D eigenvalue weighted by molar-refractivity contribution is 6.17. The van der Waals surface area contributed by atoms with Gasteiger partial charge in [-0.1, -0.05) is 12.1 Å². The molecule has 0 bridgehead atoms. The number of hydrogen-bond acceptors (Lipinski definition) is 1. The number of nitrogens with one attached hydrogen (secondary N) is 1. The maximum Gasteiger partial charge on any atom is 0.251 e. The number of fused-ring (bicyclic) bond motifs is 3. The fourth-order valence-electron chi connectivity index (χ4n) is 2.79. The lowest BCUT2D eigenvalue weighted by Gasteiger charge is -2.10. The molecule has 0 amide bonds. The molecule has 2 aromatic rings. The Kier molecular flexibility index (Phi) is 2.48. The molecular formula is C14H14ClNO. The van der Waals surface area contributed by atoms with E-state index < -0.39 is 0 Å². The van der Waals surface area contributed by atoms with E-state index in [0.717, 1.165) is 41.5 Å². The number of aromatic nitrogens is 1. The van der Waals surface area contributed by atoms with Gasteiger partial charge < -0.3 is 4.98 Å². The van der Waals surface area contributed by atoms with Gasteiger partial charge in [-0.25, -0.2) is 0 Å². The Balaban J connectivity index is 2.45. The van der Waals surface area contributed by atoms with Crippen LogP contribution < -0.4 is 5.56 Å². The minimum atomic E-state index is 0.0832. The summed E-state index contributed by atoms with van der Waals surface area (Å²) >= 11 is 5.90. The number of alkyl halides is 1. The molecule has 1 aromatic carbocycles. The first-order chi connectivity index (χ1) is 8.22. The molecule has 0 atom stereocenters. The van der Waals surface area contributed by atoms with Gasteiger partial charge in [0.15, 0.2) is 0 Å². The molecule has 3 heteroatoms. The molecule has 1 aliphatic carbocycles. The first kappa shape index (κ1) is 10.8. The Bertz CT molecular complexity index is 657. The Labute approximate surface area is 105 Å². The molecule has 1 aliphatic rings. The zero-order valence-corrected chi connectivity index (χ0v) is 10.5. The molecule has 17 heavy (non-hydrogen) atoms. The number of rotatable bonds is 1. The van der Waals surface area contributed by atoms with Crippen LogP contribution in [-0.4, -0.2) is 4.98 Å². The highest BCUT2D eigenvalue weighted by Crippen LogP contribution is 2.29. The molecule has 0 spiro atoms. The summed E-state index contributed by atoms with van der Waals surface area (Å²) in [4.78, 5) is 15.0. The van der Waals surface area contributed by atoms with Gasteiger partial charge in [-0.05, 0) is 42.9 Å². The van der Waals surface area contributed by atoms with Crippen LogP contribution in [0.15, 0.2) is 16.9 Å². The van der Waals surface area contributed by atoms with E-state index >= 15 is 0 Å². The monoisotopic (exact) mass is 247 g/mol. The molecule has 0 unspecified atom stereocenters. The second-order valence-corrected chi connectivity index (χ2v) is 4.94. The van der Waals surface area contributed by atoms with E-state index in [1.54, 1.807) is 0 Å². The summed E-state index contributed by atoms with van der Waals surface area (Å²) in [6.45, 7) is 2.03. The third kappa shape index (κ3) is 1.51. The molecule has 0 saturated carbocycles. The van der Waals surface area contributed by atoms with Crippen molar-refractivity contribution in [3.8, 4) is 0 Å². The minimum Gasteiger partial charge on any atom is -0.321 e. The van der Waals surface area contributed by atoms with Crippen LogP contribution in [0.2, 0.25) is 0 Å². The van der Waals surface area contributed by atoms with E-state index in [9.17, 15) is 4.79 Å². The van der Waals surface area contributed by atoms with Crippen molar-refractivity contribution in [3.63, 3.8) is 0 Å². The van der Waals surface area contributed by atoms with Gasteiger partial charge >= 0.3 is 0 Å². The van der Waals surface area contributed by atoms with Gasteiger partial charge in [-0.15, -0.1) is 11.6 Å². The second-order valence-electron chi connectivity index (χ2n) is 4.67. The predicted octanol–water partition coefficient (Wildman–Crippen LogP) is 3.06. The van der Waals surface area contributed by atoms with E-state index in [2.05, 4.69) is 17.1 Å². The van der Waals surface area contributed by atoms with Crippen LogP contribution in [0.3, 0.4) is 0 Å². The van der Waals surface area contributed by atoms with Crippen LogP contribution in [0.4, 0.5) is 0 Å². The zero-order valence-electron chi connectivity index (χ0n) is 9.77. The van der Waals surface area contributed by atoms with Crippen LogP contribution in [0, 0.1) is 6.92 Å². The van der Waals surface area contributed by atoms with Gasteiger partial charge in [-0.3, -0.25) is 4.79 Å². The third-order valence-corrected chi connectivity index (χ3v) is 4.06. The standard InChI is InChI=1S/C14H14ClNO/c1-8-9(7-15)5-6-11-10-3-2-4-12(10)14(17)16-13(8)11/h5-6H,2-4,7H2,1H3,(H,16,17). The minimum absolute atomic E-state index is 0.0832. The van der Waals surface area contributed by atoms with Crippen LogP contribution >= 0.6 is 11.6 Å². The number of pyridine rings is 1. The highest BCUT2D eigenvalue weighted by Gasteiger charge is 2.18. The summed E-state index contributed by atoms with van der Waals surface area (Å²) < 4.78 is 0. The summed E-state index contributed by atoms with van der Waals surface area (Å²) in [5.41, 5.74) is 5.47. The van der Waals surface area contributed by atoms with Crippen LogP contribution in [0.25, 0.3) is 10.9 Å². The number of hydrogen-bond donors (Lipinski definition) is 1. The molecule has 1 aromatic heterocycles. The van der Waals surface area contributed by atoms with Gasteiger partial charge in [0, 0.05) is 16.8 Å². The molecule has 0 saturated heterocycles. The summed E-state index contributed by atoms with van der Waals surface area (Å²) in [5, 5.41) is 1.20. The molecule has 2 nitrogen and oxygen atoms in total. The Morgan fingerprint density at radius 2 is 2.06 bits per heavy atom. The number of benzene rings is 1. The summed E-state index contributed by atoms with van der Waals surface area (Å²) in [7, 11) is 0. The van der Waals surface area contributed by atoms with E-state index in [0.29, 0.717) is 5.88 Å². The van der Waals surface area contributed by atoms with Gasteiger partial charge in [0.1, 0.15) is 0 Å². The van der Waals surface area contributed by atoms with E-state index in [4.69, 9.17) is 11.6 Å². The molecule has 88 valence electrons. The average Bonchev–Trinajstić information content (AvgIpc) is 2.81. The fourth-order valence-corrected chi connectivity index (χ4v) is 3.08. The van der Waals surface area contributed by atoms with Crippen LogP contribution in [0.1, 0.15) is 28.7 Å². The maximum atomic E-state index is 12.0. The van der Waals surface area contributed by atoms with E-state index in [-0.39, 0.29) is 5.56 Å². The zero-order chi connectivity index (χ0) is 12.0. The Morgan fingerprint density at radius 1 is 1.29 bits per heavy atom. The molecule has 0 fully saturated rings. The van der Waals surface area contributed by atoms with Crippen molar-refractivity contribution in [3.05, 3.63) is 44.7 Å². The molecule has 0 aliphatic heterocycles. The first-order valence-electron chi connectivity index (χ1n) is 5.94. The second kappa shape index (κ2) is 3.88. The fraction of sp³-hybridized carbons (Fsp3) is 0.357. The topological polar surface area (TPSA) is 32.9 Å². The quantitative estimate of drug-likeness (QED) is 0.772. The molecule has 3 rings (SSSR count). The Hall–Kier alpha value is -1.28. The normalized spacial score (nSPS) is 14.2. The number of aryl methyl sites for hydroxylation is 2. The smallest absolute Gasteiger partial charge is 0.251 e. The van der Waals surface area contributed by atoms with E-state index in [1.807, 2.05) is 6.92 Å². The Morgan fingerprint density at radius 3 is 2.82 bits per heavy atom. The lowest BCUT2D eigenvalue weighted by Crippen LogP contribution is -2.13. The van der Waals surface area contributed by atoms with Crippen LogP contribution in [0.5, 0.6) is 0 Å². The first-order valence-corrected chi connectivity index (χ1v) is 6.48. The average molecular weight is 248 g/mol. The van der Waals surface area contributed by atoms with Crippen molar-refractivity contribution in [2.45, 2.75) is 32.1 Å². The molecular weight excluding hydrogens is 234 g/mol. The lowest BCUT2D eigenvalue weighted by atomic mass is 10.00. The number of H-pyrrole nitrogens is 1. The number of aromatic amines is 1. The van der Waals surface area contributed by atoms with Gasteiger partial charge in [0.25, 0.3) is 5.56 Å². The van der Waals surface area contributed by atoms with Crippen LogP contribution in [-0.2, 0) is 18.7 Å². The van der Waals surface area contributed by atoms with Crippen molar-refractivity contribution in [2.75, 3.05) is 0 Å². The van der Waals surface area contributed by atoms with Crippen molar-refractivity contribution in [2.24, 2.45) is 0 Å².